The third-order valence-corrected chi connectivity index (χ3v) is 5.05. The molecular weight excluding hydrogens is 339 g/mol. The van der Waals surface area contributed by atoms with Crippen LogP contribution in [0.1, 0.15) is 22.3 Å². The van der Waals surface area contributed by atoms with Crippen molar-refractivity contribution in [3.05, 3.63) is 94.9 Å². The summed E-state index contributed by atoms with van der Waals surface area (Å²) in [6.45, 7) is 4.16. The van der Waals surface area contributed by atoms with Crippen LogP contribution in [0.4, 0.5) is 4.39 Å². The third-order valence-electron chi connectivity index (χ3n) is 5.05. The molecule has 1 aromatic heterocycles. The number of aryl methyl sites for hydroxylation is 1. The molecule has 0 aliphatic carbocycles. The van der Waals surface area contributed by atoms with E-state index in [4.69, 9.17) is 4.74 Å². The lowest BCUT2D eigenvalue weighted by Gasteiger charge is -2.36. The lowest BCUT2D eigenvalue weighted by molar-refractivity contribution is 0.107. The number of ether oxygens (including phenoxy) is 1. The number of rotatable bonds is 5. The lowest BCUT2D eigenvalue weighted by atomic mass is 9.93. The van der Waals surface area contributed by atoms with E-state index in [1.54, 1.807) is 12.1 Å². The van der Waals surface area contributed by atoms with Gasteiger partial charge in [0.25, 0.3) is 0 Å². The summed E-state index contributed by atoms with van der Waals surface area (Å²) in [5, 5.41) is 0. The lowest BCUT2D eigenvalue weighted by Crippen LogP contribution is -2.43. The van der Waals surface area contributed by atoms with Gasteiger partial charge in [-0.15, -0.1) is 0 Å². The topological polar surface area (TPSA) is 25.4 Å². The number of fused-ring (bicyclic) bond motifs is 1. The number of benzene rings is 2. The zero-order chi connectivity index (χ0) is 18.6. The summed E-state index contributed by atoms with van der Waals surface area (Å²) in [6.07, 6.45) is 2.58. The summed E-state index contributed by atoms with van der Waals surface area (Å²) < 4.78 is 19.7. The van der Waals surface area contributed by atoms with E-state index in [0.717, 1.165) is 30.6 Å². The molecule has 2 heterocycles. The highest BCUT2D eigenvalue weighted by atomic mass is 19.1. The smallest absolute Gasteiger partial charge is 0.213 e. The van der Waals surface area contributed by atoms with Gasteiger partial charge in [0.1, 0.15) is 12.4 Å². The second-order valence-electron chi connectivity index (χ2n) is 7.15. The van der Waals surface area contributed by atoms with Crippen molar-refractivity contribution in [3.8, 4) is 5.88 Å². The Balaban J connectivity index is 1.53. The first-order valence-corrected chi connectivity index (χ1v) is 9.28. The molecule has 27 heavy (non-hydrogen) atoms. The second kappa shape index (κ2) is 7.89. The molecule has 2 aromatic carbocycles. The minimum atomic E-state index is -0.176. The number of pyridine rings is 1. The predicted octanol–water partition coefficient (Wildman–Crippen LogP) is 4.54. The van der Waals surface area contributed by atoms with Crippen LogP contribution < -0.4 is 4.74 Å². The largest absolute Gasteiger partial charge is 0.476 e. The normalized spacial score (nSPS) is 16.7. The highest BCUT2D eigenvalue weighted by Crippen LogP contribution is 2.26. The maximum absolute atomic E-state index is 13.7. The standard InChI is InChI=1S/C23H23FN2O/c1-17-7-10-23(25-13-17)27-16-22-12-20-11-21(24)9-8-19(20)15-26(22)14-18-5-3-2-4-6-18/h2-11,13,22H,12,14-16H2,1H3. The average molecular weight is 362 g/mol. The van der Waals surface area contributed by atoms with Crippen LogP contribution >= 0.6 is 0 Å². The van der Waals surface area contributed by atoms with Crippen LogP contribution in [-0.2, 0) is 19.5 Å². The van der Waals surface area contributed by atoms with Crippen molar-refractivity contribution in [2.45, 2.75) is 32.5 Å². The van der Waals surface area contributed by atoms with Gasteiger partial charge in [0, 0.05) is 31.4 Å². The maximum atomic E-state index is 13.7. The SMILES string of the molecule is Cc1ccc(OCC2Cc3cc(F)ccc3CN2Cc2ccccc2)nc1. The molecule has 4 heteroatoms. The first-order chi connectivity index (χ1) is 13.2. The van der Waals surface area contributed by atoms with E-state index in [-0.39, 0.29) is 11.9 Å². The molecule has 0 saturated heterocycles. The predicted molar refractivity (Wildman–Crippen MR) is 104 cm³/mol. The molecule has 0 fully saturated rings. The fourth-order valence-corrected chi connectivity index (χ4v) is 3.56. The Morgan fingerprint density at radius 3 is 2.70 bits per heavy atom. The Bertz CT molecular complexity index is 896. The van der Waals surface area contributed by atoms with Crippen molar-refractivity contribution >= 4 is 0 Å². The average Bonchev–Trinajstić information content (AvgIpc) is 2.68. The van der Waals surface area contributed by atoms with Crippen molar-refractivity contribution in [1.82, 2.24) is 9.88 Å². The van der Waals surface area contributed by atoms with Crippen LogP contribution in [0.2, 0.25) is 0 Å². The molecule has 0 spiro atoms. The van der Waals surface area contributed by atoms with Gasteiger partial charge in [-0.25, -0.2) is 9.37 Å². The van der Waals surface area contributed by atoms with Crippen LogP contribution in [0.5, 0.6) is 5.88 Å². The van der Waals surface area contributed by atoms with Gasteiger partial charge < -0.3 is 4.74 Å². The van der Waals surface area contributed by atoms with Gasteiger partial charge in [-0.3, -0.25) is 4.90 Å². The number of hydrogen-bond donors (Lipinski definition) is 0. The molecule has 0 saturated carbocycles. The summed E-state index contributed by atoms with van der Waals surface area (Å²) in [5.41, 5.74) is 4.64. The van der Waals surface area contributed by atoms with Crippen LogP contribution in [0, 0.1) is 12.7 Å². The van der Waals surface area contributed by atoms with Crippen LogP contribution in [0.3, 0.4) is 0 Å². The molecule has 3 aromatic rings. The quantitative estimate of drug-likeness (QED) is 0.666. The van der Waals surface area contributed by atoms with E-state index in [2.05, 4.69) is 34.1 Å². The summed E-state index contributed by atoms with van der Waals surface area (Å²) in [5.74, 6) is 0.454. The Kier molecular flexibility index (Phi) is 5.16. The molecule has 0 bridgehead atoms. The zero-order valence-corrected chi connectivity index (χ0v) is 15.4. The van der Waals surface area contributed by atoms with Gasteiger partial charge in [0.05, 0.1) is 0 Å². The second-order valence-corrected chi connectivity index (χ2v) is 7.15. The Morgan fingerprint density at radius 1 is 1.07 bits per heavy atom. The molecule has 1 aliphatic heterocycles. The van der Waals surface area contributed by atoms with E-state index in [9.17, 15) is 4.39 Å². The van der Waals surface area contributed by atoms with Gasteiger partial charge in [-0.2, -0.15) is 0 Å². The maximum Gasteiger partial charge on any atom is 0.213 e. The van der Waals surface area contributed by atoms with Crippen molar-refractivity contribution in [2.75, 3.05) is 6.61 Å². The molecule has 138 valence electrons. The van der Waals surface area contributed by atoms with E-state index in [1.807, 2.05) is 37.4 Å². The van der Waals surface area contributed by atoms with Crippen molar-refractivity contribution < 1.29 is 9.13 Å². The highest BCUT2D eigenvalue weighted by molar-refractivity contribution is 5.31. The molecule has 1 aliphatic rings. The molecule has 3 nitrogen and oxygen atoms in total. The van der Waals surface area contributed by atoms with Gasteiger partial charge in [0.2, 0.25) is 5.88 Å². The van der Waals surface area contributed by atoms with E-state index < -0.39 is 0 Å². The van der Waals surface area contributed by atoms with Crippen LogP contribution in [0.25, 0.3) is 0 Å². The van der Waals surface area contributed by atoms with E-state index in [1.165, 1.54) is 11.1 Å². The van der Waals surface area contributed by atoms with Crippen molar-refractivity contribution in [2.24, 2.45) is 0 Å². The fraction of sp³-hybridized carbons (Fsp3) is 0.261. The summed E-state index contributed by atoms with van der Waals surface area (Å²) in [7, 11) is 0. The monoisotopic (exact) mass is 362 g/mol. The summed E-state index contributed by atoms with van der Waals surface area (Å²) in [6, 6.07) is 19.6. The van der Waals surface area contributed by atoms with Gasteiger partial charge >= 0.3 is 0 Å². The number of hydrogen-bond acceptors (Lipinski definition) is 3. The van der Waals surface area contributed by atoms with Crippen molar-refractivity contribution in [1.29, 1.82) is 0 Å². The third kappa shape index (κ3) is 4.34. The zero-order valence-electron chi connectivity index (χ0n) is 15.4. The Hall–Kier alpha value is -2.72. The summed E-state index contributed by atoms with van der Waals surface area (Å²) >= 11 is 0. The Morgan fingerprint density at radius 2 is 1.93 bits per heavy atom. The van der Waals surface area contributed by atoms with Crippen LogP contribution in [0.15, 0.2) is 66.9 Å². The molecule has 1 atom stereocenters. The molecule has 4 rings (SSSR count). The molecule has 0 amide bonds. The Labute approximate surface area is 159 Å². The number of aromatic nitrogens is 1. The van der Waals surface area contributed by atoms with Gasteiger partial charge in [0.15, 0.2) is 0 Å². The highest BCUT2D eigenvalue weighted by Gasteiger charge is 2.27. The first kappa shape index (κ1) is 17.7. The molecular formula is C23H23FN2O. The van der Waals surface area contributed by atoms with Crippen molar-refractivity contribution in [3.63, 3.8) is 0 Å². The summed E-state index contributed by atoms with van der Waals surface area (Å²) in [4.78, 5) is 6.74. The minimum absolute atomic E-state index is 0.169. The number of nitrogens with zero attached hydrogens (tertiary/aromatic N) is 2. The van der Waals surface area contributed by atoms with E-state index in [0.29, 0.717) is 12.5 Å². The first-order valence-electron chi connectivity index (χ1n) is 9.28. The molecule has 0 radical (unpaired) electrons. The molecule has 0 N–H and O–H groups in total. The molecule has 1 unspecified atom stereocenters. The fourth-order valence-electron chi connectivity index (χ4n) is 3.56. The van der Waals surface area contributed by atoms with E-state index >= 15 is 0 Å². The number of halogens is 1. The van der Waals surface area contributed by atoms with Gasteiger partial charge in [-0.05, 0) is 47.7 Å². The van der Waals surface area contributed by atoms with Crippen LogP contribution in [-0.4, -0.2) is 22.5 Å². The van der Waals surface area contributed by atoms with Gasteiger partial charge in [-0.1, -0.05) is 42.5 Å². The minimum Gasteiger partial charge on any atom is -0.476 e.